The second kappa shape index (κ2) is 6.04. The van der Waals surface area contributed by atoms with Gasteiger partial charge in [-0.15, -0.1) is 0 Å². The van der Waals surface area contributed by atoms with Crippen LogP contribution in [0.15, 0.2) is 22.7 Å². The molecule has 1 aromatic carbocycles. The molecular weight excluding hydrogens is 340 g/mol. The number of carbonyl (C=O) groups is 1. The zero-order valence-corrected chi connectivity index (χ0v) is 13.6. The molecule has 0 aliphatic carbocycles. The van der Waals surface area contributed by atoms with Crippen molar-refractivity contribution in [2.24, 2.45) is 0 Å². The molecule has 5 heteroatoms. The number of nitrogens with one attached hydrogen (secondary N) is 1. The number of halogens is 2. The van der Waals surface area contributed by atoms with E-state index in [0.29, 0.717) is 22.7 Å². The summed E-state index contributed by atoms with van der Waals surface area (Å²) in [7, 11) is 0. The molecule has 1 aromatic rings. The minimum Gasteiger partial charge on any atom is -0.349 e. The molecule has 2 atom stereocenters. The fraction of sp³-hybridized carbons (Fsp3) is 0.533. The number of piperidine rings is 1. The molecule has 1 N–H and O–H groups in total. The Labute approximate surface area is 132 Å². The van der Waals surface area contributed by atoms with Crippen LogP contribution in [0.4, 0.5) is 0 Å². The van der Waals surface area contributed by atoms with E-state index in [2.05, 4.69) is 26.1 Å². The second-order valence-electron chi connectivity index (χ2n) is 5.66. The predicted octanol–water partition coefficient (Wildman–Crippen LogP) is 3.46. The molecule has 2 unspecified atom stereocenters. The number of amides is 1. The normalized spacial score (nSPS) is 26.3. The van der Waals surface area contributed by atoms with Gasteiger partial charge in [-0.3, -0.25) is 4.79 Å². The highest BCUT2D eigenvalue weighted by atomic mass is 79.9. The van der Waals surface area contributed by atoms with Gasteiger partial charge < -0.3 is 10.2 Å². The number of hydrogen-bond acceptors (Lipinski definition) is 2. The standard InChI is InChI=1S/C15H18BrClN2O/c16-13-8-10(3-4-14(13)17)15(20)18-11-5-7-19-6-1-2-12(19)9-11/h3-4,8,11-12H,1-2,5-7,9H2,(H,18,20). The number of nitrogens with zero attached hydrogens (tertiary/aromatic N) is 1. The van der Waals surface area contributed by atoms with Crippen molar-refractivity contribution in [3.05, 3.63) is 33.3 Å². The highest BCUT2D eigenvalue weighted by molar-refractivity contribution is 9.10. The van der Waals surface area contributed by atoms with E-state index in [1.807, 2.05) is 0 Å². The van der Waals surface area contributed by atoms with E-state index < -0.39 is 0 Å². The van der Waals surface area contributed by atoms with Gasteiger partial charge in [0.25, 0.3) is 5.91 Å². The van der Waals surface area contributed by atoms with E-state index in [1.165, 1.54) is 19.4 Å². The predicted molar refractivity (Wildman–Crippen MR) is 84.2 cm³/mol. The van der Waals surface area contributed by atoms with E-state index in [4.69, 9.17) is 11.6 Å². The zero-order valence-electron chi connectivity index (χ0n) is 11.2. The molecule has 2 saturated heterocycles. The van der Waals surface area contributed by atoms with Crippen LogP contribution in [0.3, 0.4) is 0 Å². The van der Waals surface area contributed by atoms with Crippen molar-refractivity contribution in [1.29, 1.82) is 0 Å². The molecule has 0 bridgehead atoms. The fourth-order valence-corrected chi connectivity index (χ4v) is 3.76. The van der Waals surface area contributed by atoms with Gasteiger partial charge in [-0.05, 0) is 66.4 Å². The number of hydrogen-bond donors (Lipinski definition) is 1. The van der Waals surface area contributed by atoms with Crippen LogP contribution in [0.25, 0.3) is 0 Å². The van der Waals surface area contributed by atoms with Gasteiger partial charge in [0, 0.05) is 28.7 Å². The first-order valence-corrected chi connectivity index (χ1v) is 8.30. The molecule has 0 aromatic heterocycles. The molecule has 2 aliphatic rings. The van der Waals surface area contributed by atoms with Crippen LogP contribution in [0.5, 0.6) is 0 Å². The average molecular weight is 358 g/mol. The number of benzene rings is 1. The molecule has 108 valence electrons. The van der Waals surface area contributed by atoms with Crippen molar-refractivity contribution in [2.75, 3.05) is 13.1 Å². The highest BCUT2D eigenvalue weighted by Crippen LogP contribution is 2.27. The Bertz CT molecular complexity index is 523. The van der Waals surface area contributed by atoms with Gasteiger partial charge in [0.1, 0.15) is 0 Å². The Kier molecular flexibility index (Phi) is 4.34. The fourth-order valence-electron chi connectivity index (χ4n) is 3.26. The van der Waals surface area contributed by atoms with E-state index in [9.17, 15) is 4.79 Å². The lowest BCUT2D eigenvalue weighted by Crippen LogP contribution is -2.47. The average Bonchev–Trinajstić information content (AvgIpc) is 2.89. The zero-order chi connectivity index (χ0) is 14.1. The van der Waals surface area contributed by atoms with Gasteiger partial charge in [0.2, 0.25) is 0 Å². The first-order chi connectivity index (χ1) is 9.63. The molecule has 3 rings (SSSR count). The Morgan fingerprint density at radius 1 is 1.35 bits per heavy atom. The Morgan fingerprint density at radius 2 is 2.20 bits per heavy atom. The van der Waals surface area contributed by atoms with Crippen LogP contribution in [0, 0.1) is 0 Å². The summed E-state index contributed by atoms with van der Waals surface area (Å²) in [5.74, 6) is -0.00110. The first kappa shape index (κ1) is 14.4. The third-order valence-corrected chi connectivity index (χ3v) is 5.55. The molecule has 20 heavy (non-hydrogen) atoms. The summed E-state index contributed by atoms with van der Waals surface area (Å²) in [4.78, 5) is 14.8. The Hall–Kier alpha value is -0.580. The molecule has 0 spiro atoms. The van der Waals surface area contributed by atoms with Gasteiger partial charge in [0.05, 0.1) is 5.02 Å². The maximum atomic E-state index is 12.3. The third kappa shape index (κ3) is 3.02. The molecule has 2 aliphatic heterocycles. The number of carbonyl (C=O) groups excluding carboxylic acids is 1. The number of fused-ring (bicyclic) bond motifs is 1. The largest absolute Gasteiger partial charge is 0.349 e. The maximum Gasteiger partial charge on any atom is 0.251 e. The lowest BCUT2D eigenvalue weighted by Gasteiger charge is -2.35. The number of rotatable bonds is 2. The summed E-state index contributed by atoms with van der Waals surface area (Å²) >= 11 is 9.31. The van der Waals surface area contributed by atoms with Crippen LogP contribution in [-0.4, -0.2) is 36.0 Å². The van der Waals surface area contributed by atoms with Crippen LogP contribution in [0.1, 0.15) is 36.0 Å². The topological polar surface area (TPSA) is 32.3 Å². The lowest BCUT2D eigenvalue weighted by atomic mass is 9.97. The summed E-state index contributed by atoms with van der Waals surface area (Å²) in [5.41, 5.74) is 0.662. The molecule has 3 nitrogen and oxygen atoms in total. The van der Waals surface area contributed by atoms with Gasteiger partial charge in [0.15, 0.2) is 0 Å². The molecule has 0 saturated carbocycles. The van der Waals surface area contributed by atoms with E-state index in [0.717, 1.165) is 23.9 Å². The summed E-state index contributed by atoms with van der Waals surface area (Å²) < 4.78 is 0.762. The van der Waals surface area contributed by atoms with Crippen molar-refractivity contribution in [1.82, 2.24) is 10.2 Å². The Morgan fingerprint density at radius 3 is 3.00 bits per heavy atom. The molecular formula is C15H18BrClN2O. The van der Waals surface area contributed by atoms with Gasteiger partial charge in [-0.1, -0.05) is 11.6 Å². The molecule has 2 fully saturated rings. The smallest absolute Gasteiger partial charge is 0.251 e. The summed E-state index contributed by atoms with van der Waals surface area (Å²) in [5, 5.41) is 3.79. The SMILES string of the molecule is O=C(NC1CCN2CCCC2C1)c1ccc(Cl)c(Br)c1. The van der Waals surface area contributed by atoms with Crippen molar-refractivity contribution < 1.29 is 4.79 Å². The summed E-state index contributed by atoms with van der Waals surface area (Å²) in [6, 6.07) is 6.28. The first-order valence-electron chi connectivity index (χ1n) is 7.13. The highest BCUT2D eigenvalue weighted by Gasteiger charge is 2.32. The van der Waals surface area contributed by atoms with Crippen LogP contribution in [-0.2, 0) is 0 Å². The summed E-state index contributed by atoms with van der Waals surface area (Å²) in [6.45, 7) is 2.34. The third-order valence-electron chi connectivity index (χ3n) is 4.34. The van der Waals surface area contributed by atoms with E-state index in [-0.39, 0.29) is 5.91 Å². The molecule has 1 amide bonds. The molecule has 2 heterocycles. The maximum absolute atomic E-state index is 12.3. The van der Waals surface area contributed by atoms with Crippen molar-refractivity contribution in [3.63, 3.8) is 0 Å². The second-order valence-corrected chi connectivity index (χ2v) is 6.92. The van der Waals surface area contributed by atoms with Crippen LogP contribution in [0.2, 0.25) is 5.02 Å². The van der Waals surface area contributed by atoms with Crippen LogP contribution < -0.4 is 5.32 Å². The van der Waals surface area contributed by atoms with E-state index >= 15 is 0 Å². The monoisotopic (exact) mass is 356 g/mol. The summed E-state index contributed by atoms with van der Waals surface area (Å²) in [6.07, 6.45) is 4.71. The van der Waals surface area contributed by atoms with Gasteiger partial charge in [-0.2, -0.15) is 0 Å². The minimum absolute atomic E-state index is 0.00110. The molecule has 0 radical (unpaired) electrons. The van der Waals surface area contributed by atoms with Crippen molar-refractivity contribution >= 4 is 33.4 Å². The quantitative estimate of drug-likeness (QED) is 0.879. The minimum atomic E-state index is -0.00110. The lowest BCUT2D eigenvalue weighted by molar-refractivity contribution is 0.0896. The van der Waals surface area contributed by atoms with E-state index in [1.54, 1.807) is 18.2 Å². The van der Waals surface area contributed by atoms with Crippen LogP contribution >= 0.6 is 27.5 Å². The van der Waals surface area contributed by atoms with Gasteiger partial charge in [-0.25, -0.2) is 0 Å². The Balaban J connectivity index is 1.62. The van der Waals surface area contributed by atoms with Crippen molar-refractivity contribution in [3.8, 4) is 0 Å². The van der Waals surface area contributed by atoms with Crippen molar-refractivity contribution in [2.45, 2.75) is 37.8 Å². The van der Waals surface area contributed by atoms with Gasteiger partial charge >= 0.3 is 0 Å².